The first-order chi connectivity index (χ1) is 19.8. The number of anilines is 1. The van der Waals surface area contributed by atoms with Crippen LogP contribution in [0.25, 0.3) is 5.76 Å². The van der Waals surface area contributed by atoms with E-state index in [9.17, 15) is 14.7 Å². The highest BCUT2D eigenvalue weighted by atomic mass is 35.5. The number of methoxy groups -OCH3 is 1. The van der Waals surface area contributed by atoms with E-state index in [0.717, 1.165) is 16.9 Å². The van der Waals surface area contributed by atoms with Crippen LogP contribution in [0.4, 0.5) is 5.13 Å². The number of halogens is 1. The van der Waals surface area contributed by atoms with Gasteiger partial charge in [-0.2, -0.15) is 0 Å². The summed E-state index contributed by atoms with van der Waals surface area (Å²) < 4.78 is 11.7. The summed E-state index contributed by atoms with van der Waals surface area (Å²) in [6.45, 7) is 1.97. The number of ketones is 1. The molecule has 1 N–H and O–H groups in total. The molecule has 6 rings (SSSR count). The third-order valence-electron chi connectivity index (χ3n) is 6.92. The monoisotopic (exact) mass is 605 g/mol. The van der Waals surface area contributed by atoms with Crippen molar-refractivity contribution in [2.45, 2.75) is 35.6 Å². The summed E-state index contributed by atoms with van der Waals surface area (Å²) in [5.74, 6) is 0.174. The first kappa shape index (κ1) is 27.3. The van der Waals surface area contributed by atoms with Crippen LogP contribution in [0.15, 0.2) is 76.6 Å². The van der Waals surface area contributed by atoms with Crippen molar-refractivity contribution >= 4 is 57.3 Å². The van der Waals surface area contributed by atoms with Crippen LogP contribution in [-0.4, -0.2) is 40.2 Å². The van der Waals surface area contributed by atoms with Crippen LogP contribution in [0.3, 0.4) is 0 Å². The maximum Gasteiger partial charge on any atom is 0.301 e. The van der Waals surface area contributed by atoms with Crippen molar-refractivity contribution in [3.63, 3.8) is 0 Å². The summed E-state index contributed by atoms with van der Waals surface area (Å²) >= 11 is 8.67. The predicted molar refractivity (Wildman–Crippen MR) is 159 cm³/mol. The summed E-state index contributed by atoms with van der Waals surface area (Å²) in [6, 6.07) is 18.9. The maximum atomic E-state index is 13.5. The second-order valence-corrected chi connectivity index (χ2v) is 12.3. The van der Waals surface area contributed by atoms with Crippen molar-refractivity contribution in [1.82, 2.24) is 10.2 Å². The molecule has 0 radical (unpaired) electrons. The molecule has 41 heavy (non-hydrogen) atoms. The number of carbonyl (C=O) groups excluding carboxylic acids is 2. The van der Waals surface area contributed by atoms with Crippen LogP contribution in [0, 0.1) is 0 Å². The summed E-state index contributed by atoms with van der Waals surface area (Å²) in [4.78, 5) is 28.4. The van der Waals surface area contributed by atoms with E-state index in [-0.39, 0.29) is 22.6 Å². The Balaban J connectivity index is 1.38. The van der Waals surface area contributed by atoms with Crippen LogP contribution in [0.1, 0.15) is 35.2 Å². The van der Waals surface area contributed by atoms with Crippen LogP contribution in [0.5, 0.6) is 11.5 Å². The number of nitrogens with zero attached hydrogens (tertiary/aromatic N) is 3. The molecule has 1 saturated heterocycles. The largest absolute Gasteiger partial charge is 0.507 e. The molecule has 0 aliphatic carbocycles. The van der Waals surface area contributed by atoms with Crippen molar-refractivity contribution in [3.8, 4) is 11.5 Å². The Morgan fingerprint density at radius 1 is 1.12 bits per heavy atom. The minimum absolute atomic E-state index is 0.0161. The Morgan fingerprint density at radius 3 is 2.61 bits per heavy atom. The number of hydrogen-bond acceptors (Lipinski definition) is 9. The van der Waals surface area contributed by atoms with E-state index >= 15 is 0 Å². The van der Waals surface area contributed by atoms with Gasteiger partial charge in [-0.1, -0.05) is 59.0 Å². The lowest BCUT2D eigenvalue weighted by Crippen LogP contribution is -2.29. The van der Waals surface area contributed by atoms with Crippen LogP contribution in [0.2, 0.25) is 5.02 Å². The van der Waals surface area contributed by atoms with Gasteiger partial charge in [-0.25, -0.2) is 0 Å². The molecule has 1 aromatic heterocycles. The SMILES string of the molecule is COc1ccc([C@H]2/C(=C(\O)c3ccc4c(c3)C[C@H](C)O4)C(=O)C(=O)N2c2nnc(SCc3ccc(Cl)cc3)s2)cc1. The van der Waals surface area contributed by atoms with Gasteiger partial charge in [0.1, 0.15) is 23.4 Å². The smallest absolute Gasteiger partial charge is 0.301 e. The number of rotatable bonds is 7. The average molecular weight is 606 g/mol. The second-order valence-electron chi connectivity index (χ2n) is 9.66. The highest BCUT2D eigenvalue weighted by molar-refractivity contribution is 8.00. The van der Waals surface area contributed by atoms with Gasteiger partial charge in [-0.3, -0.25) is 14.5 Å². The zero-order valence-corrected chi connectivity index (χ0v) is 24.4. The third-order valence-corrected chi connectivity index (χ3v) is 9.30. The molecule has 1 fully saturated rings. The Bertz CT molecular complexity index is 1670. The van der Waals surface area contributed by atoms with E-state index in [1.54, 1.807) is 43.5 Å². The van der Waals surface area contributed by atoms with Gasteiger partial charge in [0, 0.05) is 22.8 Å². The van der Waals surface area contributed by atoms with Crippen LogP contribution >= 0.6 is 34.7 Å². The molecular weight excluding hydrogens is 582 g/mol. The first-order valence-corrected chi connectivity index (χ1v) is 15.0. The molecule has 2 atom stereocenters. The highest BCUT2D eigenvalue weighted by Gasteiger charge is 2.48. The van der Waals surface area contributed by atoms with E-state index in [1.165, 1.54) is 28.0 Å². The summed E-state index contributed by atoms with van der Waals surface area (Å²) in [6.07, 6.45) is 0.713. The fourth-order valence-corrected chi connectivity index (χ4v) is 6.89. The lowest BCUT2D eigenvalue weighted by Gasteiger charge is -2.22. The summed E-state index contributed by atoms with van der Waals surface area (Å²) in [5.41, 5.74) is 3.04. The Hall–Kier alpha value is -3.86. The average Bonchev–Trinajstić information content (AvgIpc) is 3.67. The van der Waals surface area contributed by atoms with Gasteiger partial charge in [0.05, 0.1) is 18.7 Å². The number of hydrogen-bond donors (Lipinski definition) is 1. The fraction of sp³-hybridized carbons (Fsp3) is 0.200. The molecule has 0 saturated carbocycles. The van der Waals surface area contributed by atoms with Gasteiger partial charge < -0.3 is 14.6 Å². The maximum absolute atomic E-state index is 13.5. The topological polar surface area (TPSA) is 102 Å². The van der Waals surface area contributed by atoms with Crippen molar-refractivity contribution in [3.05, 3.63) is 99.6 Å². The number of aliphatic hydroxyl groups is 1. The molecule has 208 valence electrons. The number of fused-ring (bicyclic) bond motifs is 1. The van der Waals surface area contributed by atoms with Crippen molar-refractivity contribution in [2.75, 3.05) is 12.0 Å². The molecule has 0 spiro atoms. The summed E-state index contributed by atoms with van der Waals surface area (Å²) in [7, 11) is 1.56. The zero-order valence-electron chi connectivity index (χ0n) is 22.0. The number of thioether (sulfide) groups is 1. The zero-order chi connectivity index (χ0) is 28.7. The number of aromatic nitrogens is 2. The van der Waals surface area contributed by atoms with Gasteiger partial charge in [0.25, 0.3) is 5.78 Å². The lowest BCUT2D eigenvalue weighted by molar-refractivity contribution is -0.132. The minimum Gasteiger partial charge on any atom is -0.507 e. The number of amides is 1. The van der Waals surface area contributed by atoms with Gasteiger partial charge in [-0.05, 0) is 66.1 Å². The van der Waals surface area contributed by atoms with Gasteiger partial charge in [0.2, 0.25) is 5.13 Å². The van der Waals surface area contributed by atoms with Gasteiger partial charge in [-0.15, -0.1) is 10.2 Å². The van der Waals surface area contributed by atoms with Crippen LogP contribution in [-0.2, 0) is 21.8 Å². The molecule has 8 nitrogen and oxygen atoms in total. The Labute approximate surface area is 249 Å². The number of aliphatic hydroxyl groups excluding tert-OH is 1. The predicted octanol–water partition coefficient (Wildman–Crippen LogP) is 6.44. The Morgan fingerprint density at radius 2 is 1.88 bits per heavy atom. The molecule has 11 heteroatoms. The highest BCUT2D eigenvalue weighted by Crippen LogP contribution is 2.45. The quantitative estimate of drug-likeness (QED) is 0.0844. The molecular formula is C30H24ClN3O5S2. The molecule has 3 heterocycles. The van der Waals surface area contributed by atoms with Crippen molar-refractivity contribution in [1.29, 1.82) is 0 Å². The van der Waals surface area contributed by atoms with Crippen molar-refractivity contribution in [2.24, 2.45) is 0 Å². The molecule has 3 aromatic carbocycles. The number of benzene rings is 3. The number of carbonyl (C=O) groups is 2. The van der Waals surface area contributed by atoms with Crippen LogP contribution < -0.4 is 14.4 Å². The van der Waals surface area contributed by atoms with E-state index in [2.05, 4.69) is 10.2 Å². The molecule has 0 bridgehead atoms. The standard InChI is InChI=1S/C30H24ClN3O5S2/c1-16-13-20-14-19(7-12-23(20)39-16)26(35)24-25(18-5-10-22(38-2)11-6-18)34(28(37)27(24)36)29-32-33-30(41-29)40-15-17-3-8-21(31)9-4-17/h3-12,14,16,25,35H,13,15H2,1-2H3/b26-24+/t16-,25-/m0/s1. The molecule has 2 aliphatic rings. The van der Waals surface area contributed by atoms with E-state index in [1.807, 2.05) is 37.3 Å². The van der Waals surface area contributed by atoms with Gasteiger partial charge >= 0.3 is 5.91 Å². The summed E-state index contributed by atoms with van der Waals surface area (Å²) in [5, 5.41) is 21.0. The number of ether oxygens (including phenoxy) is 2. The molecule has 0 unspecified atom stereocenters. The molecule has 4 aromatic rings. The van der Waals surface area contributed by atoms with E-state index < -0.39 is 17.7 Å². The fourth-order valence-electron chi connectivity index (χ4n) is 4.94. The van der Waals surface area contributed by atoms with Crippen molar-refractivity contribution < 1.29 is 24.2 Å². The van der Waals surface area contributed by atoms with E-state index in [4.69, 9.17) is 21.1 Å². The second kappa shape index (κ2) is 11.2. The number of Topliss-reactive ketones (excluding diaryl/α,β-unsaturated/α-hetero) is 1. The molecule has 1 amide bonds. The van der Waals surface area contributed by atoms with Gasteiger partial charge in [0.15, 0.2) is 4.34 Å². The Kier molecular flexibility index (Phi) is 7.46. The molecule has 2 aliphatic heterocycles. The normalized spacial score (nSPS) is 19.3. The third kappa shape index (κ3) is 5.30. The minimum atomic E-state index is -0.911. The lowest BCUT2D eigenvalue weighted by atomic mass is 9.94. The van der Waals surface area contributed by atoms with E-state index in [0.29, 0.717) is 38.4 Å². The first-order valence-electron chi connectivity index (χ1n) is 12.8.